The van der Waals surface area contributed by atoms with Crippen molar-refractivity contribution in [3.8, 4) is 0 Å². The molecule has 0 N–H and O–H groups in total. The van der Waals surface area contributed by atoms with Crippen molar-refractivity contribution in [2.45, 2.75) is 0 Å². The molecule has 19 heavy (non-hydrogen) atoms. The first-order valence-electron chi connectivity index (χ1n) is 1.46. The van der Waals surface area contributed by atoms with E-state index in [4.69, 9.17) is 38.5 Å². The average molecular weight is 560 g/mol. The summed E-state index contributed by atoms with van der Waals surface area (Å²) in [5.41, 5.74) is 0. The number of rotatable bonds is 0. The van der Waals surface area contributed by atoms with E-state index in [0.29, 0.717) is 0 Å². The summed E-state index contributed by atoms with van der Waals surface area (Å²) in [7, 11) is -10.8. The Hall–Kier alpha value is 7.86. The van der Waals surface area contributed by atoms with Gasteiger partial charge in [-0.05, 0) is 0 Å². The van der Waals surface area contributed by atoms with Crippen LogP contribution in [0.1, 0.15) is 0 Å². The maximum atomic E-state index is 8.55. The molecule has 103 valence electrons. The first-order chi connectivity index (χ1) is 4.00. The molecule has 19 heteroatoms. The van der Waals surface area contributed by atoms with Gasteiger partial charge in [0.25, 0.3) is 0 Å². The van der Waals surface area contributed by atoms with Gasteiger partial charge in [0.1, 0.15) is 0 Å². The zero-order chi connectivity index (χ0) is 9.00. The minimum Gasteiger partial charge on any atom is 0.316 e. The Morgan fingerprint density at radius 2 is 0.474 bits per heavy atom. The van der Waals surface area contributed by atoms with E-state index < -0.39 is 15.6 Å². The molecule has 0 saturated heterocycles. The summed E-state index contributed by atoms with van der Waals surface area (Å²) >= 11 is 0. The Kier molecular flexibility index (Phi) is 152. The molecule has 3 radical (unpaired) electrons. The van der Waals surface area contributed by atoms with Gasteiger partial charge in [-0.25, -0.2) is 0 Å². The second-order valence-electron chi connectivity index (χ2n) is 0.894. The molecule has 0 atom stereocenters. The van der Waals surface area contributed by atoms with E-state index in [2.05, 4.69) is 0 Å². The SMILES string of the molecule is O=P([O-])([O-])[O-].O=P([O-])([O-])[O-].[CaH2].[CaH2].[CaH2].[MgH2].[MgH2].[MgH2].[Mn+2].[Mn+2].[Mn+2]. The number of hydrogen-bond acceptors (Lipinski definition) is 8. The van der Waals surface area contributed by atoms with Crippen molar-refractivity contribution in [2.24, 2.45) is 0 Å². The van der Waals surface area contributed by atoms with Crippen molar-refractivity contribution in [1.82, 2.24) is 0 Å². The fourth-order valence-corrected chi connectivity index (χ4v) is 0. The fourth-order valence-electron chi connectivity index (χ4n) is 0. The van der Waals surface area contributed by atoms with Crippen LogP contribution in [-0.4, -0.2) is 182 Å². The van der Waals surface area contributed by atoms with Gasteiger partial charge < -0.3 is 38.5 Å². The molecule has 0 fully saturated rings. The van der Waals surface area contributed by atoms with E-state index in [1.54, 1.807) is 0 Å². The van der Waals surface area contributed by atoms with Gasteiger partial charge in [-0.1, -0.05) is 0 Å². The molecule has 0 saturated carbocycles. The third kappa shape index (κ3) is 238. The number of hydrogen-bond donors (Lipinski definition) is 0. The summed E-state index contributed by atoms with van der Waals surface area (Å²) in [6, 6.07) is 0. The van der Waals surface area contributed by atoms with Gasteiger partial charge in [0.2, 0.25) is 0 Å². The molecule has 0 rings (SSSR count). The summed E-state index contributed by atoms with van der Waals surface area (Å²) in [6.45, 7) is 0. The normalized spacial score (nSPS) is 6.21. The molecule has 0 aliphatic heterocycles. The monoisotopic (exact) mass is 559 g/mol. The van der Waals surface area contributed by atoms with E-state index in [1.165, 1.54) is 0 Å². The minimum absolute atomic E-state index is 0. The standard InChI is InChI=1S/3Ca.3Mg.3Mn.2H3O4P.12H/c;;;;;;;;;2*1-5(2,3)4;;;;;;;;;;;;/h;;;;;;;;;2*(H3,1,2,3,4);;;;;;;;;;;;/q;;;;;;3*+2;;;;;;;;;;;;;;/p-6. The maximum Gasteiger partial charge on any atom is 2.00 e. The van der Waals surface area contributed by atoms with Crippen molar-refractivity contribution in [2.75, 3.05) is 0 Å². The molecule has 0 unspecified atom stereocenters. The molecule has 0 aliphatic rings. The fraction of sp³-hybridized carbons (Fsp3) is 0. The van der Waals surface area contributed by atoms with E-state index in [-0.39, 0.29) is 234 Å². The largest absolute Gasteiger partial charge is 2.00 e. The Bertz CT molecular complexity index is 153. The quantitative estimate of drug-likeness (QED) is 0.208. The van der Waals surface area contributed by atoms with Gasteiger partial charge in [-0.2, -0.15) is 15.6 Å². The molecule has 0 heterocycles. The van der Waals surface area contributed by atoms with Crippen molar-refractivity contribution >= 4 is 198 Å². The Morgan fingerprint density at radius 1 is 0.474 bits per heavy atom. The van der Waals surface area contributed by atoms with Gasteiger partial charge in [-0.3, -0.25) is 0 Å². The second-order valence-corrected chi connectivity index (χ2v) is 2.68. The van der Waals surface area contributed by atoms with Gasteiger partial charge in [0, 0.05) is 0 Å². The molecular formula is H12Ca3Mg3Mn3O8P2. The van der Waals surface area contributed by atoms with E-state index >= 15 is 0 Å². The van der Waals surface area contributed by atoms with Crippen molar-refractivity contribution in [3.63, 3.8) is 0 Å². The zero-order valence-corrected chi connectivity index (χ0v) is 10.6. The van der Waals surface area contributed by atoms with Crippen LogP contribution < -0.4 is 29.4 Å². The van der Waals surface area contributed by atoms with Crippen LogP contribution in [0.25, 0.3) is 0 Å². The molecule has 0 amide bonds. The van der Waals surface area contributed by atoms with Gasteiger partial charge in [0.05, 0.1) is 0 Å². The second kappa shape index (κ2) is 40.5. The Morgan fingerprint density at radius 3 is 0.474 bits per heavy atom. The smallest absolute Gasteiger partial charge is 0.316 e. The van der Waals surface area contributed by atoms with Crippen LogP contribution in [0.15, 0.2) is 0 Å². The predicted octanol–water partition coefficient (Wildman–Crippen LogP) is -11.2. The summed E-state index contributed by atoms with van der Waals surface area (Å²) < 4.78 is 17.1. The van der Waals surface area contributed by atoms with E-state index in [1.807, 2.05) is 0 Å². The van der Waals surface area contributed by atoms with E-state index in [0.717, 1.165) is 0 Å². The first-order valence-corrected chi connectivity index (χ1v) is 4.38. The molecule has 0 aromatic heterocycles. The van der Waals surface area contributed by atoms with Crippen LogP contribution >= 0.6 is 15.6 Å². The van der Waals surface area contributed by atoms with Crippen LogP contribution in [0.2, 0.25) is 0 Å². The van der Waals surface area contributed by atoms with Crippen LogP contribution in [0.5, 0.6) is 0 Å². The summed E-state index contributed by atoms with van der Waals surface area (Å²) in [5, 5.41) is 0. The third-order valence-electron chi connectivity index (χ3n) is 0. The van der Waals surface area contributed by atoms with Gasteiger partial charge in [-0.15, -0.1) is 0 Å². The molecule has 8 nitrogen and oxygen atoms in total. The summed E-state index contributed by atoms with van der Waals surface area (Å²) in [5.74, 6) is 0. The van der Waals surface area contributed by atoms with Crippen LogP contribution in [0.4, 0.5) is 0 Å². The van der Waals surface area contributed by atoms with E-state index in [9.17, 15) is 0 Å². The molecule has 0 spiro atoms. The third-order valence-corrected chi connectivity index (χ3v) is 0. The van der Waals surface area contributed by atoms with Crippen molar-refractivity contribution in [1.29, 1.82) is 0 Å². The summed E-state index contributed by atoms with van der Waals surface area (Å²) in [4.78, 5) is 51.3. The van der Waals surface area contributed by atoms with Crippen LogP contribution in [0, 0.1) is 0 Å². The van der Waals surface area contributed by atoms with Gasteiger partial charge in [0.15, 0.2) is 0 Å². The maximum absolute atomic E-state index is 8.55. The molecule has 0 aromatic rings. The van der Waals surface area contributed by atoms with Crippen molar-refractivity contribution < 1.29 is 89.7 Å². The summed E-state index contributed by atoms with van der Waals surface area (Å²) in [6.07, 6.45) is 0. The number of phosphoric acid groups is 2. The molecule has 0 bridgehead atoms. The topological polar surface area (TPSA) is 172 Å². The van der Waals surface area contributed by atoms with Gasteiger partial charge >= 0.3 is 234 Å². The molecule has 0 aliphatic carbocycles. The zero-order valence-electron chi connectivity index (χ0n) is 5.29. The Labute approximate surface area is 280 Å². The van der Waals surface area contributed by atoms with Crippen LogP contribution in [-0.2, 0) is 60.3 Å². The molecular weight excluding hydrogens is 548 g/mol. The van der Waals surface area contributed by atoms with Crippen molar-refractivity contribution in [3.05, 3.63) is 0 Å². The predicted molar refractivity (Wildman–Crippen MR) is 66.5 cm³/mol. The first kappa shape index (κ1) is 71.4. The Balaban J connectivity index is -0.00000000508. The minimum atomic E-state index is -5.39. The average Bonchev–Trinajstić information content (AvgIpc) is 1.12. The van der Waals surface area contributed by atoms with Crippen LogP contribution in [0.3, 0.4) is 0 Å². The molecule has 0 aromatic carbocycles.